The van der Waals surface area contributed by atoms with Crippen LogP contribution in [0.5, 0.6) is 0 Å². The number of aromatic nitrogens is 3. The number of nitrogens with zero attached hydrogens (tertiary/aromatic N) is 3. The number of aliphatic hydroxyl groups excluding tert-OH is 1. The largest absolute Gasteiger partial charge is 0.394 e. The van der Waals surface area contributed by atoms with Crippen molar-refractivity contribution in [2.75, 3.05) is 25.6 Å². The molecule has 6 nitrogen and oxygen atoms in total. The lowest BCUT2D eigenvalue weighted by atomic mass is 10.3. The average Bonchev–Trinajstić information content (AvgIpc) is 2.70. The second-order valence-corrected chi connectivity index (χ2v) is 3.85. The Balaban J connectivity index is 2.46. The van der Waals surface area contributed by atoms with Crippen LogP contribution in [0.1, 0.15) is 11.9 Å². The molecule has 1 unspecified atom stereocenters. The number of rotatable bonds is 3. The number of nitrogens with one attached hydrogen (secondary N) is 1. The van der Waals surface area contributed by atoms with E-state index in [0.29, 0.717) is 11.5 Å². The van der Waals surface area contributed by atoms with Gasteiger partial charge in [-0.15, -0.1) is 0 Å². The first-order valence-corrected chi connectivity index (χ1v) is 5.02. The van der Waals surface area contributed by atoms with E-state index in [4.69, 9.17) is 10.8 Å². The summed E-state index contributed by atoms with van der Waals surface area (Å²) in [4.78, 5) is 13.5. The van der Waals surface area contributed by atoms with Crippen LogP contribution in [0.4, 0.5) is 5.82 Å². The van der Waals surface area contributed by atoms with Crippen LogP contribution >= 0.6 is 0 Å². The van der Waals surface area contributed by atoms with Gasteiger partial charge in [0.15, 0.2) is 5.65 Å². The average molecular weight is 221 g/mol. The second-order valence-electron chi connectivity index (χ2n) is 3.85. The Kier molecular flexibility index (Phi) is 2.76. The minimum Gasteiger partial charge on any atom is -0.394 e. The summed E-state index contributed by atoms with van der Waals surface area (Å²) in [5.41, 5.74) is 7.11. The SMILES string of the molecule is CN(C)c1ccc2[nH]c(C(N)CO)nc2n1. The molecule has 0 bridgehead atoms. The molecule has 2 heterocycles. The summed E-state index contributed by atoms with van der Waals surface area (Å²) in [6.07, 6.45) is 0. The standard InChI is InChI=1S/C10H15N5O/c1-15(2)8-4-3-7-10(13-8)14-9(12-7)6(11)5-16/h3-4,6,16H,5,11H2,1-2H3,(H,12,13,14). The molecule has 4 N–H and O–H groups in total. The Morgan fingerprint density at radius 3 is 2.81 bits per heavy atom. The van der Waals surface area contributed by atoms with Gasteiger partial charge in [0.05, 0.1) is 18.2 Å². The summed E-state index contributed by atoms with van der Waals surface area (Å²) in [5.74, 6) is 1.39. The molecule has 0 aromatic carbocycles. The maximum absolute atomic E-state index is 8.94. The van der Waals surface area contributed by atoms with Crippen LogP contribution in [0.2, 0.25) is 0 Å². The van der Waals surface area contributed by atoms with E-state index in [2.05, 4.69) is 15.0 Å². The minimum absolute atomic E-state index is 0.139. The van der Waals surface area contributed by atoms with Gasteiger partial charge in [-0.25, -0.2) is 9.97 Å². The molecule has 1 atom stereocenters. The highest BCUT2D eigenvalue weighted by molar-refractivity contribution is 5.73. The van der Waals surface area contributed by atoms with Crippen molar-refractivity contribution in [2.45, 2.75) is 6.04 Å². The van der Waals surface area contributed by atoms with Gasteiger partial charge in [0.1, 0.15) is 11.6 Å². The molecule has 0 aliphatic heterocycles. The van der Waals surface area contributed by atoms with Crippen LogP contribution in [0, 0.1) is 0 Å². The highest BCUT2D eigenvalue weighted by Gasteiger charge is 2.11. The molecule has 0 spiro atoms. The number of fused-ring (bicyclic) bond motifs is 1. The van der Waals surface area contributed by atoms with Gasteiger partial charge in [-0.05, 0) is 12.1 Å². The van der Waals surface area contributed by atoms with Gasteiger partial charge in [0.2, 0.25) is 0 Å². The third kappa shape index (κ3) is 1.84. The number of imidazole rings is 1. The van der Waals surface area contributed by atoms with Crippen LogP contribution in [-0.4, -0.2) is 40.8 Å². The van der Waals surface area contributed by atoms with Gasteiger partial charge in [-0.2, -0.15) is 0 Å². The quantitative estimate of drug-likeness (QED) is 0.679. The molecule has 0 amide bonds. The third-order valence-electron chi connectivity index (χ3n) is 2.36. The highest BCUT2D eigenvalue weighted by atomic mass is 16.3. The van der Waals surface area contributed by atoms with Crippen LogP contribution < -0.4 is 10.6 Å². The predicted molar refractivity (Wildman–Crippen MR) is 62.2 cm³/mol. The maximum atomic E-state index is 8.94. The van der Waals surface area contributed by atoms with Crippen molar-refractivity contribution in [3.05, 3.63) is 18.0 Å². The molecule has 16 heavy (non-hydrogen) atoms. The molecule has 2 aromatic rings. The lowest BCUT2D eigenvalue weighted by molar-refractivity contribution is 0.264. The molecule has 0 aliphatic carbocycles. The molecular formula is C10H15N5O. The van der Waals surface area contributed by atoms with Crippen molar-refractivity contribution < 1.29 is 5.11 Å². The first kappa shape index (κ1) is 10.8. The Morgan fingerprint density at radius 1 is 1.44 bits per heavy atom. The topological polar surface area (TPSA) is 91.1 Å². The molecule has 0 radical (unpaired) electrons. The van der Waals surface area contributed by atoms with Crippen molar-refractivity contribution in [3.8, 4) is 0 Å². The molecule has 86 valence electrons. The van der Waals surface area contributed by atoms with Gasteiger partial charge in [-0.3, -0.25) is 0 Å². The lowest BCUT2D eigenvalue weighted by Crippen LogP contribution is -2.15. The minimum atomic E-state index is -0.489. The lowest BCUT2D eigenvalue weighted by Gasteiger charge is -2.09. The Hall–Kier alpha value is -1.66. The number of aliphatic hydroxyl groups is 1. The summed E-state index contributed by atoms with van der Waals surface area (Å²) in [6.45, 7) is -0.139. The molecule has 2 aromatic heterocycles. The van der Waals surface area contributed by atoms with Crippen molar-refractivity contribution in [1.29, 1.82) is 0 Å². The fraction of sp³-hybridized carbons (Fsp3) is 0.400. The van der Waals surface area contributed by atoms with E-state index >= 15 is 0 Å². The Morgan fingerprint density at radius 2 is 2.19 bits per heavy atom. The van der Waals surface area contributed by atoms with Gasteiger partial charge >= 0.3 is 0 Å². The van der Waals surface area contributed by atoms with Crippen molar-refractivity contribution in [3.63, 3.8) is 0 Å². The first-order valence-electron chi connectivity index (χ1n) is 5.02. The van der Waals surface area contributed by atoms with E-state index in [9.17, 15) is 0 Å². The highest BCUT2D eigenvalue weighted by Crippen LogP contribution is 2.16. The zero-order valence-corrected chi connectivity index (χ0v) is 9.31. The monoisotopic (exact) mass is 221 g/mol. The zero-order valence-electron chi connectivity index (χ0n) is 9.31. The maximum Gasteiger partial charge on any atom is 0.179 e. The molecule has 2 rings (SSSR count). The smallest absolute Gasteiger partial charge is 0.179 e. The van der Waals surface area contributed by atoms with Gasteiger partial charge in [0.25, 0.3) is 0 Å². The molecule has 0 fully saturated rings. The summed E-state index contributed by atoms with van der Waals surface area (Å²) in [6, 6.07) is 3.31. The molecule has 0 aliphatic rings. The van der Waals surface area contributed by atoms with E-state index in [1.165, 1.54) is 0 Å². The van der Waals surface area contributed by atoms with Crippen molar-refractivity contribution >= 4 is 17.0 Å². The number of H-pyrrole nitrogens is 1. The van der Waals surface area contributed by atoms with Crippen LogP contribution in [0.3, 0.4) is 0 Å². The summed E-state index contributed by atoms with van der Waals surface area (Å²) in [7, 11) is 3.84. The molecule has 0 saturated carbocycles. The first-order chi connectivity index (χ1) is 7.61. The fourth-order valence-electron chi connectivity index (χ4n) is 1.41. The summed E-state index contributed by atoms with van der Waals surface area (Å²) in [5, 5.41) is 8.94. The summed E-state index contributed by atoms with van der Waals surface area (Å²) >= 11 is 0. The normalized spacial score (nSPS) is 13.0. The van der Waals surface area contributed by atoms with E-state index in [0.717, 1.165) is 11.3 Å². The second kappa shape index (κ2) is 4.07. The molecule has 0 saturated heterocycles. The van der Waals surface area contributed by atoms with E-state index in [1.54, 1.807) is 0 Å². The number of nitrogens with two attached hydrogens (primary N) is 1. The van der Waals surface area contributed by atoms with Gasteiger partial charge in [0, 0.05) is 14.1 Å². The Labute approximate surface area is 93.1 Å². The van der Waals surface area contributed by atoms with E-state index in [1.807, 2.05) is 31.1 Å². The fourth-order valence-corrected chi connectivity index (χ4v) is 1.41. The van der Waals surface area contributed by atoms with Crippen LogP contribution in [-0.2, 0) is 0 Å². The number of aromatic amines is 1. The Bertz CT molecular complexity index is 493. The van der Waals surface area contributed by atoms with Gasteiger partial charge < -0.3 is 20.7 Å². The zero-order chi connectivity index (χ0) is 11.7. The molecular weight excluding hydrogens is 206 g/mol. The van der Waals surface area contributed by atoms with Crippen LogP contribution in [0.15, 0.2) is 12.1 Å². The van der Waals surface area contributed by atoms with Gasteiger partial charge in [-0.1, -0.05) is 0 Å². The third-order valence-corrected chi connectivity index (χ3v) is 2.36. The summed E-state index contributed by atoms with van der Waals surface area (Å²) < 4.78 is 0. The number of hydrogen-bond acceptors (Lipinski definition) is 5. The number of pyridine rings is 1. The number of hydrogen-bond donors (Lipinski definition) is 3. The van der Waals surface area contributed by atoms with E-state index in [-0.39, 0.29) is 6.61 Å². The van der Waals surface area contributed by atoms with Crippen LogP contribution in [0.25, 0.3) is 11.2 Å². The van der Waals surface area contributed by atoms with Crippen molar-refractivity contribution in [1.82, 2.24) is 15.0 Å². The van der Waals surface area contributed by atoms with Crippen molar-refractivity contribution in [2.24, 2.45) is 5.73 Å². The predicted octanol–water partition coefficient (Wildman–Crippen LogP) is 0.0160. The van der Waals surface area contributed by atoms with E-state index < -0.39 is 6.04 Å². The molecule has 6 heteroatoms. The number of anilines is 1.